The number of sulfonamides is 1. The SMILES string of the molecule is O=C1c2cccnc2S(=O)(=O)N1CCC1CCCCN1. The summed E-state index contributed by atoms with van der Waals surface area (Å²) < 4.78 is 25.5. The average Bonchev–Trinajstić information content (AvgIpc) is 2.66. The first kappa shape index (κ1) is 13.5. The quantitative estimate of drug-likeness (QED) is 0.890. The number of carbonyl (C=O) groups is 1. The van der Waals surface area contributed by atoms with Gasteiger partial charge in [0.15, 0.2) is 5.03 Å². The molecule has 2 aliphatic rings. The molecule has 3 rings (SSSR count). The topological polar surface area (TPSA) is 79.4 Å². The maximum Gasteiger partial charge on any atom is 0.285 e. The summed E-state index contributed by atoms with van der Waals surface area (Å²) in [6.07, 6.45) is 5.40. The van der Waals surface area contributed by atoms with Crippen molar-refractivity contribution in [1.29, 1.82) is 0 Å². The van der Waals surface area contributed by atoms with Crippen LogP contribution in [0.4, 0.5) is 0 Å². The number of nitrogens with zero attached hydrogens (tertiary/aromatic N) is 2. The molecule has 6 nitrogen and oxygen atoms in total. The standard InChI is InChI=1S/C13H17N3O3S/c17-13-11-5-3-8-15-12(11)20(18,19)16(13)9-6-10-4-1-2-7-14-10/h3,5,8,10,14H,1-2,4,6-7,9H2. The predicted molar refractivity (Wildman–Crippen MR) is 72.7 cm³/mol. The molecule has 1 aromatic rings. The minimum atomic E-state index is -3.75. The number of pyridine rings is 1. The molecule has 1 aromatic heterocycles. The van der Waals surface area contributed by atoms with E-state index in [2.05, 4.69) is 10.3 Å². The minimum absolute atomic E-state index is 0.110. The third-order valence-corrected chi connectivity index (χ3v) is 5.60. The fourth-order valence-corrected chi connectivity index (χ4v) is 4.27. The van der Waals surface area contributed by atoms with Crippen molar-refractivity contribution in [2.24, 2.45) is 0 Å². The Morgan fingerprint density at radius 1 is 1.40 bits per heavy atom. The molecule has 1 unspecified atom stereocenters. The minimum Gasteiger partial charge on any atom is -0.314 e. The maximum absolute atomic E-state index is 12.3. The van der Waals surface area contributed by atoms with Crippen molar-refractivity contribution in [2.75, 3.05) is 13.1 Å². The first-order chi connectivity index (χ1) is 9.60. The molecule has 7 heteroatoms. The Balaban J connectivity index is 1.76. The normalized spacial score (nSPS) is 24.7. The van der Waals surface area contributed by atoms with Crippen LogP contribution in [0.1, 0.15) is 36.0 Å². The number of hydrogen-bond donors (Lipinski definition) is 1. The molecule has 0 aliphatic carbocycles. The van der Waals surface area contributed by atoms with Crippen LogP contribution in [-0.2, 0) is 10.0 Å². The van der Waals surface area contributed by atoms with Crippen LogP contribution in [-0.4, -0.2) is 42.7 Å². The Morgan fingerprint density at radius 2 is 2.25 bits per heavy atom. The third-order valence-electron chi connectivity index (χ3n) is 3.86. The summed E-state index contributed by atoms with van der Waals surface area (Å²) in [5, 5.41) is 3.25. The highest BCUT2D eigenvalue weighted by molar-refractivity contribution is 7.90. The van der Waals surface area contributed by atoms with E-state index in [9.17, 15) is 13.2 Å². The van der Waals surface area contributed by atoms with E-state index in [1.54, 1.807) is 6.07 Å². The van der Waals surface area contributed by atoms with Gasteiger partial charge in [-0.05, 0) is 37.9 Å². The van der Waals surface area contributed by atoms with Crippen LogP contribution in [0, 0.1) is 0 Å². The monoisotopic (exact) mass is 295 g/mol. The highest BCUT2D eigenvalue weighted by Crippen LogP contribution is 2.28. The molecule has 1 fully saturated rings. The number of amides is 1. The van der Waals surface area contributed by atoms with Crippen molar-refractivity contribution < 1.29 is 13.2 Å². The molecule has 0 radical (unpaired) electrons. The van der Waals surface area contributed by atoms with Gasteiger partial charge in [0.1, 0.15) is 0 Å². The first-order valence-corrected chi connectivity index (χ1v) is 8.30. The van der Waals surface area contributed by atoms with E-state index >= 15 is 0 Å². The summed E-state index contributed by atoms with van der Waals surface area (Å²) in [7, 11) is -3.75. The lowest BCUT2D eigenvalue weighted by Gasteiger charge is -2.25. The molecule has 3 heterocycles. The van der Waals surface area contributed by atoms with E-state index in [4.69, 9.17) is 0 Å². The number of nitrogens with one attached hydrogen (secondary N) is 1. The second-order valence-electron chi connectivity index (χ2n) is 5.17. The lowest BCUT2D eigenvalue weighted by Crippen LogP contribution is -2.39. The molecular weight excluding hydrogens is 278 g/mol. The van der Waals surface area contributed by atoms with Crippen molar-refractivity contribution in [2.45, 2.75) is 36.8 Å². The molecule has 0 bridgehead atoms. The first-order valence-electron chi connectivity index (χ1n) is 6.86. The van der Waals surface area contributed by atoms with E-state index in [0.717, 1.165) is 30.1 Å². The molecule has 20 heavy (non-hydrogen) atoms. The molecule has 0 saturated carbocycles. The highest BCUT2D eigenvalue weighted by atomic mass is 32.2. The van der Waals surface area contributed by atoms with Gasteiger partial charge in [-0.1, -0.05) is 6.42 Å². The van der Waals surface area contributed by atoms with Gasteiger partial charge in [0.05, 0.1) is 5.56 Å². The zero-order valence-electron chi connectivity index (χ0n) is 11.1. The van der Waals surface area contributed by atoms with Crippen LogP contribution < -0.4 is 5.32 Å². The van der Waals surface area contributed by atoms with Gasteiger partial charge in [-0.25, -0.2) is 9.29 Å². The second kappa shape index (κ2) is 5.14. The molecular formula is C13H17N3O3S. The summed E-state index contributed by atoms with van der Waals surface area (Å²) in [6, 6.07) is 3.39. The van der Waals surface area contributed by atoms with Gasteiger partial charge in [0.25, 0.3) is 15.9 Å². The molecule has 1 amide bonds. The Kier molecular flexibility index (Phi) is 3.47. The predicted octanol–water partition coefficient (Wildman–Crippen LogP) is 0.758. The lowest BCUT2D eigenvalue weighted by atomic mass is 10.0. The number of carbonyl (C=O) groups excluding carboxylic acids is 1. The third kappa shape index (κ3) is 2.20. The number of aromatic nitrogens is 1. The zero-order chi connectivity index (χ0) is 14.2. The molecule has 1 saturated heterocycles. The zero-order valence-corrected chi connectivity index (χ0v) is 11.9. The number of piperidine rings is 1. The number of hydrogen-bond acceptors (Lipinski definition) is 5. The van der Waals surface area contributed by atoms with Gasteiger partial charge in [-0.3, -0.25) is 4.79 Å². The van der Waals surface area contributed by atoms with Crippen LogP contribution in [0.15, 0.2) is 23.4 Å². The second-order valence-corrected chi connectivity index (χ2v) is 6.95. The van der Waals surface area contributed by atoms with Crippen LogP contribution in [0.5, 0.6) is 0 Å². The van der Waals surface area contributed by atoms with E-state index in [1.807, 2.05) is 0 Å². The Labute approximate surface area is 118 Å². The maximum atomic E-state index is 12.3. The van der Waals surface area contributed by atoms with Crippen molar-refractivity contribution in [3.63, 3.8) is 0 Å². The van der Waals surface area contributed by atoms with E-state index in [0.29, 0.717) is 12.5 Å². The fraction of sp³-hybridized carbons (Fsp3) is 0.538. The van der Waals surface area contributed by atoms with Gasteiger partial charge >= 0.3 is 0 Å². The Hall–Kier alpha value is -1.47. The molecule has 108 valence electrons. The van der Waals surface area contributed by atoms with Gasteiger partial charge in [0.2, 0.25) is 0 Å². The summed E-state index contributed by atoms with van der Waals surface area (Å²) >= 11 is 0. The summed E-state index contributed by atoms with van der Waals surface area (Å²) in [4.78, 5) is 16.0. The summed E-state index contributed by atoms with van der Waals surface area (Å²) in [6.45, 7) is 1.18. The Morgan fingerprint density at radius 3 is 2.95 bits per heavy atom. The fourth-order valence-electron chi connectivity index (χ4n) is 2.77. The van der Waals surface area contributed by atoms with Crippen molar-refractivity contribution in [3.8, 4) is 0 Å². The van der Waals surface area contributed by atoms with Gasteiger partial charge in [-0.2, -0.15) is 8.42 Å². The highest BCUT2D eigenvalue weighted by Gasteiger charge is 2.42. The van der Waals surface area contributed by atoms with Crippen molar-refractivity contribution >= 4 is 15.9 Å². The molecule has 1 atom stereocenters. The lowest BCUT2D eigenvalue weighted by molar-refractivity contribution is 0.0866. The smallest absolute Gasteiger partial charge is 0.285 e. The van der Waals surface area contributed by atoms with Crippen LogP contribution in [0.25, 0.3) is 0 Å². The van der Waals surface area contributed by atoms with Crippen molar-refractivity contribution in [3.05, 3.63) is 23.9 Å². The van der Waals surface area contributed by atoms with Gasteiger partial charge < -0.3 is 5.32 Å². The molecule has 0 spiro atoms. The Bertz CT molecular complexity index is 624. The summed E-state index contributed by atoms with van der Waals surface area (Å²) in [5.74, 6) is -0.455. The van der Waals surface area contributed by atoms with Crippen LogP contribution in [0.2, 0.25) is 0 Å². The van der Waals surface area contributed by atoms with E-state index < -0.39 is 15.9 Å². The van der Waals surface area contributed by atoms with Crippen LogP contribution >= 0.6 is 0 Å². The van der Waals surface area contributed by atoms with Crippen molar-refractivity contribution in [1.82, 2.24) is 14.6 Å². The average molecular weight is 295 g/mol. The molecule has 0 aromatic carbocycles. The van der Waals surface area contributed by atoms with E-state index in [1.165, 1.54) is 12.3 Å². The molecule has 1 N–H and O–H groups in total. The summed E-state index contributed by atoms with van der Waals surface area (Å²) in [5.41, 5.74) is 0.184. The van der Waals surface area contributed by atoms with Gasteiger partial charge in [0, 0.05) is 18.8 Å². The largest absolute Gasteiger partial charge is 0.314 e. The van der Waals surface area contributed by atoms with Gasteiger partial charge in [-0.15, -0.1) is 0 Å². The van der Waals surface area contributed by atoms with E-state index in [-0.39, 0.29) is 17.1 Å². The molecule has 2 aliphatic heterocycles. The number of fused-ring (bicyclic) bond motifs is 1. The number of rotatable bonds is 3. The van der Waals surface area contributed by atoms with Crippen LogP contribution in [0.3, 0.4) is 0 Å².